The molecule has 0 fully saturated rings. The molecule has 0 unspecified atom stereocenters. The molecule has 1 rings (SSSR count). The Bertz CT molecular complexity index is 706. The van der Waals surface area contributed by atoms with Crippen LogP contribution in [-0.4, -0.2) is 39.3 Å². The number of aromatic carboxylic acids is 1. The van der Waals surface area contributed by atoms with Gasteiger partial charge in [-0.1, -0.05) is 19.3 Å². The third-order valence-electron chi connectivity index (χ3n) is 3.74. The summed E-state index contributed by atoms with van der Waals surface area (Å²) in [5.74, 6) is -1.23. The van der Waals surface area contributed by atoms with Crippen LogP contribution in [0, 0.1) is 0 Å². The van der Waals surface area contributed by atoms with Gasteiger partial charge in [0.15, 0.2) is 0 Å². The zero-order valence-corrected chi connectivity index (χ0v) is 15.2. The molecule has 0 aliphatic rings. The van der Waals surface area contributed by atoms with Crippen LogP contribution in [0.5, 0.6) is 0 Å². The molecule has 1 aromatic carbocycles. The van der Waals surface area contributed by atoms with Gasteiger partial charge < -0.3 is 10.4 Å². The van der Waals surface area contributed by atoms with Gasteiger partial charge in [0.2, 0.25) is 10.0 Å². The number of unbranched alkanes of at least 4 members (excludes halogenated alkanes) is 4. The summed E-state index contributed by atoms with van der Waals surface area (Å²) in [5.41, 5.74) is 0.135. The quantitative estimate of drug-likeness (QED) is 0.497. The van der Waals surface area contributed by atoms with Gasteiger partial charge in [-0.3, -0.25) is 0 Å². The average Bonchev–Trinajstić information content (AvgIpc) is 2.56. The highest BCUT2D eigenvalue weighted by molar-refractivity contribution is 7.89. The smallest absolute Gasteiger partial charge is 0.389 e. The normalized spacial score (nSPS) is 12.2. The van der Waals surface area contributed by atoms with E-state index in [0.717, 1.165) is 6.07 Å². The number of carbonyl (C=O) groups is 1. The molecule has 148 valence electrons. The SMILES string of the molecule is CNS(=O)(=O)c1cc(C(=O)O)ccc1NCCCCCCCC(F)(F)F. The number of anilines is 1. The molecule has 0 aromatic heterocycles. The van der Waals surface area contributed by atoms with E-state index >= 15 is 0 Å². The van der Waals surface area contributed by atoms with Crippen LogP contribution in [0.4, 0.5) is 18.9 Å². The minimum atomic E-state index is -4.11. The van der Waals surface area contributed by atoms with Crippen LogP contribution < -0.4 is 10.0 Å². The number of rotatable bonds is 11. The maximum absolute atomic E-state index is 12.0. The Balaban J connectivity index is 2.53. The number of carboxylic acid groups (broad SMARTS) is 1. The Labute approximate surface area is 150 Å². The van der Waals surface area contributed by atoms with Crippen LogP contribution in [0.2, 0.25) is 0 Å². The molecule has 0 heterocycles. The summed E-state index contributed by atoms with van der Waals surface area (Å²) in [5, 5.41) is 11.9. The molecule has 1 aromatic rings. The molecule has 0 radical (unpaired) electrons. The van der Waals surface area contributed by atoms with Crippen molar-refractivity contribution >= 4 is 21.7 Å². The standard InChI is InChI=1S/C16H23F3N2O4S/c1-20-26(24,25)14-11-12(15(22)23)7-8-13(14)21-10-6-4-2-3-5-9-16(17,18)19/h7-8,11,20-21H,2-6,9-10H2,1H3,(H,22,23). The Morgan fingerprint density at radius 1 is 1.12 bits per heavy atom. The fraction of sp³-hybridized carbons (Fsp3) is 0.562. The van der Waals surface area contributed by atoms with E-state index in [0.29, 0.717) is 32.2 Å². The number of benzene rings is 1. The van der Waals surface area contributed by atoms with Crippen LogP contribution in [0.15, 0.2) is 23.1 Å². The third kappa shape index (κ3) is 7.61. The van der Waals surface area contributed by atoms with Crippen LogP contribution in [0.1, 0.15) is 48.9 Å². The van der Waals surface area contributed by atoms with Crippen molar-refractivity contribution in [2.45, 2.75) is 49.6 Å². The molecule has 26 heavy (non-hydrogen) atoms. The number of hydrogen-bond donors (Lipinski definition) is 3. The maximum atomic E-state index is 12.0. The van der Waals surface area contributed by atoms with Gasteiger partial charge in [-0.15, -0.1) is 0 Å². The first-order chi connectivity index (χ1) is 12.1. The molecule has 0 atom stereocenters. The van der Waals surface area contributed by atoms with Crippen molar-refractivity contribution in [2.24, 2.45) is 0 Å². The van der Waals surface area contributed by atoms with Crippen molar-refractivity contribution in [3.63, 3.8) is 0 Å². The molecule has 0 spiro atoms. The van der Waals surface area contributed by atoms with E-state index in [1.807, 2.05) is 0 Å². The molecule has 10 heteroatoms. The van der Waals surface area contributed by atoms with Crippen molar-refractivity contribution in [2.75, 3.05) is 18.9 Å². The van der Waals surface area contributed by atoms with E-state index < -0.39 is 28.6 Å². The van der Waals surface area contributed by atoms with Gasteiger partial charge in [0.25, 0.3) is 0 Å². The summed E-state index contributed by atoms with van der Waals surface area (Å²) in [6, 6.07) is 3.77. The first-order valence-electron chi connectivity index (χ1n) is 8.18. The van der Waals surface area contributed by atoms with Crippen molar-refractivity contribution in [3.05, 3.63) is 23.8 Å². The lowest BCUT2D eigenvalue weighted by molar-refractivity contribution is -0.135. The van der Waals surface area contributed by atoms with Crippen molar-refractivity contribution in [1.29, 1.82) is 0 Å². The topological polar surface area (TPSA) is 95.5 Å². The first kappa shape index (κ1) is 22.2. The zero-order valence-electron chi connectivity index (χ0n) is 14.4. The lowest BCUT2D eigenvalue weighted by Crippen LogP contribution is -2.21. The maximum Gasteiger partial charge on any atom is 0.389 e. The number of sulfonamides is 1. The Morgan fingerprint density at radius 2 is 1.73 bits per heavy atom. The van der Waals surface area contributed by atoms with Gasteiger partial charge in [-0.25, -0.2) is 17.9 Å². The van der Waals surface area contributed by atoms with Gasteiger partial charge in [0.1, 0.15) is 4.90 Å². The number of halogens is 3. The highest BCUT2D eigenvalue weighted by Crippen LogP contribution is 2.24. The number of nitrogens with one attached hydrogen (secondary N) is 2. The average molecular weight is 396 g/mol. The third-order valence-corrected chi connectivity index (χ3v) is 5.19. The predicted octanol–water partition coefficient (Wildman–Crippen LogP) is 3.61. The number of carboxylic acids is 1. The minimum Gasteiger partial charge on any atom is -0.478 e. The van der Waals surface area contributed by atoms with Gasteiger partial charge in [-0.2, -0.15) is 13.2 Å². The monoisotopic (exact) mass is 396 g/mol. The Kier molecular flexibility index (Phi) is 8.35. The van der Waals surface area contributed by atoms with E-state index in [-0.39, 0.29) is 22.6 Å². The molecule has 0 aliphatic heterocycles. The molecule has 0 bridgehead atoms. The van der Waals surface area contributed by atoms with Crippen LogP contribution >= 0.6 is 0 Å². The molecule has 6 nitrogen and oxygen atoms in total. The highest BCUT2D eigenvalue weighted by Gasteiger charge is 2.25. The summed E-state index contributed by atoms with van der Waals surface area (Å²) < 4.78 is 62.3. The summed E-state index contributed by atoms with van der Waals surface area (Å²) in [7, 11) is -2.61. The van der Waals surface area contributed by atoms with E-state index in [2.05, 4.69) is 10.0 Å². The predicted molar refractivity (Wildman–Crippen MR) is 91.9 cm³/mol. The largest absolute Gasteiger partial charge is 0.478 e. The Morgan fingerprint density at radius 3 is 2.31 bits per heavy atom. The molecule has 0 saturated carbocycles. The number of alkyl halides is 3. The van der Waals surface area contributed by atoms with Gasteiger partial charge in [-0.05, 0) is 38.1 Å². The van der Waals surface area contributed by atoms with Crippen LogP contribution in [0.3, 0.4) is 0 Å². The van der Waals surface area contributed by atoms with E-state index in [1.165, 1.54) is 19.2 Å². The lowest BCUT2D eigenvalue weighted by atomic mass is 10.1. The minimum absolute atomic E-state index is 0.109. The summed E-state index contributed by atoms with van der Waals surface area (Å²) in [6.07, 6.45) is -2.25. The second kappa shape index (κ2) is 9.77. The second-order valence-corrected chi connectivity index (χ2v) is 7.64. The second-order valence-electron chi connectivity index (χ2n) is 5.78. The lowest BCUT2D eigenvalue weighted by Gasteiger charge is -2.13. The van der Waals surface area contributed by atoms with Gasteiger partial charge >= 0.3 is 12.1 Å². The van der Waals surface area contributed by atoms with Crippen LogP contribution in [-0.2, 0) is 10.0 Å². The van der Waals surface area contributed by atoms with Gasteiger partial charge in [0, 0.05) is 13.0 Å². The van der Waals surface area contributed by atoms with Crippen molar-refractivity contribution in [1.82, 2.24) is 4.72 Å². The fourth-order valence-electron chi connectivity index (χ4n) is 2.34. The molecule has 0 aliphatic carbocycles. The van der Waals surface area contributed by atoms with Crippen molar-refractivity contribution in [3.8, 4) is 0 Å². The zero-order chi connectivity index (χ0) is 19.8. The highest BCUT2D eigenvalue weighted by atomic mass is 32.2. The van der Waals surface area contributed by atoms with Crippen molar-refractivity contribution < 1.29 is 31.5 Å². The first-order valence-corrected chi connectivity index (χ1v) is 9.66. The van der Waals surface area contributed by atoms with Gasteiger partial charge in [0.05, 0.1) is 11.3 Å². The van der Waals surface area contributed by atoms with E-state index in [4.69, 9.17) is 5.11 Å². The molecular formula is C16H23F3N2O4S. The molecular weight excluding hydrogens is 373 g/mol. The number of hydrogen-bond acceptors (Lipinski definition) is 4. The fourth-order valence-corrected chi connectivity index (χ4v) is 3.27. The van der Waals surface area contributed by atoms with E-state index in [1.54, 1.807) is 0 Å². The Hall–Kier alpha value is -1.81. The molecule has 3 N–H and O–H groups in total. The van der Waals surface area contributed by atoms with Crippen LogP contribution in [0.25, 0.3) is 0 Å². The van der Waals surface area contributed by atoms with E-state index in [9.17, 15) is 26.4 Å². The summed E-state index contributed by atoms with van der Waals surface area (Å²) >= 11 is 0. The summed E-state index contributed by atoms with van der Waals surface area (Å²) in [4.78, 5) is 10.9. The summed E-state index contributed by atoms with van der Waals surface area (Å²) in [6.45, 7) is 0.428. The molecule has 0 saturated heterocycles. The molecule has 0 amide bonds.